The predicted octanol–water partition coefficient (Wildman–Crippen LogP) is 4.41. The number of hydrogen-bond donors (Lipinski definition) is 2. The number of rotatable bonds is 8. The van der Waals surface area contributed by atoms with Crippen LogP contribution in [-0.2, 0) is 14.4 Å². The van der Waals surface area contributed by atoms with Crippen molar-refractivity contribution >= 4 is 35.2 Å². The maximum absolute atomic E-state index is 12.6. The van der Waals surface area contributed by atoms with Crippen molar-refractivity contribution in [2.75, 3.05) is 11.1 Å². The fourth-order valence-corrected chi connectivity index (χ4v) is 4.44. The van der Waals surface area contributed by atoms with Crippen molar-refractivity contribution in [3.63, 3.8) is 0 Å². The van der Waals surface area contributed by atoms with Crippen molar-refractivity contribution in [1.29, 1.82) is 0 Å². The summed E-state index contributed by atoms with van der Waals surface area (Å²) in [6, 6.07) is 15.6. The minimum Gasteiger partial charge on any atom is -0.425 e. The fraction of sp³-hybridized carbons (Fsp3) is 0.375. The number of hydrogen-bond acceptors (Lipinski definition) is 5. The Hall–Kier alpha value is -2.80. The number of carbonyl (C=O) groups is 3. The van der Waals surface area contributed by atoms with E-state index in [1.165, 1.54) is 25.1 Å². The Kier molecular flexibility index (Phi) is 8.53. The summed E-state index contributed by atoms with van der Waals surface area (Å²) in [4.78, 5) is 37.5. The Labute approximate surface area is 187 Å². The van der Waals surface area contributed by atoms with Crippen LogP contribution in [0.1, 0.15) is 39.0 Å². The molecule has 0 aromatic heterocycles. The molecule has 1 unspecified atom stereocenters. The molecule has 0 bridgehead atoms. The second-order valence-electron chi connectivity index (χ2n) is 7.65. The molecule has 0 radical (unpaired) electrons. The van der Waals surface area contributed by atoms with Gasteiger partial charge in [-0.05, 0) is 49.2 Å². The average Bonchev–Trinajstić information content (AvgIpc) is 2.79. The van der Waals surface area contributed by atoms with Crippen LogP contribution >= 0.6 is 11.8 Å². The summed E-state index contributed by atoms with van der Waals surface area (Å²) in [6.07, 6.45) is 5.28. The van der Waals surface area contributed by atoms with Crippen LogP contribution in [0.2, 0.25) is 0 Å². The van der Waals surface area contributed by atoms with Gasteiger partial charge in [0.2, 0.25) is 11.8 Å². The summed E-state index contributed by atoms with van der Waals surface area (Å²) < 4.78 is 5.46. The van der Waals surface area contributed by atoms with Crippen LogP contribution in [0.5, 0.6) is 5.75 Å². The van der Waals surface area contributed by atoms with Crippen molar-refractivity contribution in [2.24, 2.45) is 5.92 Å². The molecule has 0 heterocycles. The Morgan fingerprint density at radius 1 is 1.00 bits per heavy atom. The highest BCUT2D eigenvalue weighted by molar-refractivity contribution is 7.99. The van der Waals surface area contributed by atoms with Crippen LogP contribution in [0.15, 0.2) is 59.5 Å². The van der Waals surface area contributed by atoms with Crippen molar-refractivity contribution in [2.45, 2.75) is 50.0 Å². The molecule has 1 atom stereocenters. The average molecular weight is 441 g/mol. The lowest BCUT2D eigenvalue weighted by Crippen LogP contribution is -2.43. The molecule has 1 aliphatic rings. The topological polar surface area (TPSA) is 84.5 Å². The number of benzene rings is 2. The number of thioether (sulfide) groups is 1. The van der Waals surface area contributed by atoms with Crippen molar-refractivity contribution in [3.05, 3.63) is 54.6 Å². The van der Waals surface area contributed by atoms with E-state index in [0.29, 0.717) is 17.2 Å². The third-order valence-electron chi connectivity index (χ3n) is 5.14. The lowest BCUT2D eigenvalue weighted by atomic mass is 9.88. The number of nitrogens with one attached hydrogen (secondary N) is 2. The Balaban J connectivity index is 1.55. The monoisotopic (exact) mass is 440 g/mol. The molecule has 0 spiro atoms. The summed E-state index contributed by atoms with van der Waals surface area (Å²) in [5.41, 5.74) is 0.674. The minimum atomic E-state index is -0.770. The molecule has 1 saturated carbocycles. The molecule has 2 aromatic carbocycles. The molecule has 0 saturated heterocycles. The van der Waals surface area contributed by atoms with E-state index in [1.807, 2.05) is 30.3 Å². The molecular weight excluding hydrogens is 412 g/mol. The summed E-state index contributed by atoms with van der Waals surface area (Å²) in [6.45, 7) is 1.37. The summed E-state index contributed by atoms with van der Waals surface area (Å²) >= 11 is 1.47. The van der Waals surface area contributed by atoms with Gasteiger partial charge in [-0.2, -0.15) is 0 Å². The van der Waals surface area contributed by atoms with Gasteiger partial charge in [0, 0.05) is 29.2 Å². The lowest BCUT2D eigenvalue weighted by molar-refractivity contribution is -0.138. The van der Waals surface area contributed by atoms with Gasteiger partial charge >= 0.3 is 5.97 Å². The van der Waals surface area contributed by atoms with E-state index in [-0.39, 0.29) is 17.7 Å². The van der Waals surface area contributed by atoms with Gasteiger partial charge in [0.1, 0.15) is 11.8 Å². The van der Waals surface area contributed by atoms with Crippen LogP contribution in [0.3, 0.4) is 0 Å². The predicted molar refractivity (Wildman–Crippen MR) is 122 cm³/mol. The zero-order valence-electron chi connectivity index (χ0n) is 17.6. The minimum absolute atomic E-state index is 0.0492. The number of anilines is 1. The zero-order chi connectivity index (χ0) is 22.1. The summed E-state index contributed by atoms with van der Waals surface area (Å²) in [5.74, 6) is 0.0208. The first kappa shape index (κ1) is 22.9. The van der Waals surface area contributed by atoms with Crippen LogP contribution in [0, 0.1) is 5.92 Å². The highest BCUT2D eigenvalue weighted by Gasteiger charge is 2.23. The molecule has 0 aliphatic heterocycles. The number of carbonyl (C=O) groups excluding carboxylic acids is 3. The molecule has 2 amide bonds. The van der Waals surface area contributed by atoms with Crippen LogP contribution < -0.4 is 15.4 Å². The van der Waals surface area contributed by atoms with Gasteiger partial charge < -0.3 is 15.4 Å². The fourth-order valence-electron chi connectivity index (χ4n) is 3.51. The standard InChI is InChI=1S/C24H28N2O4S/c1-17(27)25-22(16-31-21-10-6-3-7-11-21)24(29)30-20-14-12-19(13-15-20)26-23(28)18-8-4-2-5-9-18/h3,6-7,10-15,18,22H,2,4-5,8-9,16H2,1H3,(H,25,27)(H,26,28). The van der Waals surface area contributed by atoms with Gasteiger partial charge in [-0.25, -0.2) is 4.79 Å². The maximum atomic E-state index is 12.6. The molecule has 31 heavy (non-hydrogen) atoms. The van der Waals surface area contributed by atoms with Crippen LogP contribution in [-0.4, -0.2) is 29.6 Å². The van der Waals surface area contributed by atoms with Gasteiger partial charge in [-0.3, -0.25) is 9.59 Å². The van der Waals surface area contributed by atoms with Gasteiger partial charge in [0.25, 0.3) is 0 Å². The second-order valence-corrected chi connectivity index (χ2v) is 8.74. The molecule has 2 N–H and O–H groups in total. The van der Waals surface area contributed by atoms with Gasteiger partial charge in [0.15, 0.2) is 0 Å². The molecule has 6 nitrogen and oxygen atoms in total. The maximum Gasteiger partial charge on any atom is 0.334 e. The largest absolute Gasteiger partial charge is 0.425 e. The molecule has 3 rings (SSSR count). The molecule has 1 fully saturated rings. The zero-order valence-corrected chi connectivity index (χ0v) is 18.5. The molecular formula is C24H28N2O4S. The smallest absolute Gasteiger partial charge is 0.334 e. The Bertz CT molecular complexity index is 880. The normalized spacial score (nSPS) is 15.0. The Morgan fingerprint density at radius 2 is 1.68 bits per heavy atom. The van der Waals surface area contributed by atoms with Gasteiger partial charge in [-0.1, -0.05) is 37.5 Å². The van der Waals surface area contributed by atoms with E-state index < -0.39 is 12.0 Å². The third kappa shape index (κ3) is 7.43. The van der Waals surface area contributed by atoms with Crippen molar-refractivity contribution in [3.8, 4) is 5.75 Å². The third-order valence-corrected chi connectivity index (χ3v) is 6.24. The first-order valence-corrected chi connectivity index (χ1v) is 11.6. The van der Waals surface area contributed by atoms with E-state index in [4.69, 9.17) is 4.74 Å². The SMILES string of the molecule is CC(=O)NC(CSc1ccccc1)C(=O)Oc1ccc(NC(=O)C2CCCCC2)cc1. The number of amides is 2. The van der Waals surface area contributed by atoms with E-state index in [2.05, 4.69) is 10.6 Å². The lowest BCUT2D eigenvalue weighted by Gasteiger charge is -2.20. The number of esters is 1. The molecule has 2 aromatic rings. The number of ether oxygens (including phenoxy) is 1. The van der Waals surface area contributed by atoms with E-state index in [1.54, 1.807) is 24.3 Å². The second kappa shape index (κ2) is 11.6. The highest BCUT2D eigenvalue weighted by atomic mass is 32.2. The van der Waals surface area contributed by atoms with Crippen molar-refractivity contribution < 1.29 is 19.1 Å². The van der Waals surface area contributed by atoms with E-state index >= 15 is 0 Å². The van der Waals surface area contributed by atoms with Crippen LogP contribution in [0.25, 0.3) is 0 Å². The molecule has 1 aliphatic carbocycles. The van der Waals surface area contributed by atoms with Crippen LogP contribution in [0.4, 0.5) is 5.69 Å². The molecule has 7 heteroatoms. The quantitative estimate of drug-likeness (QED) is 0.361. The first-order chi connectivity index (χ1) is 15.0. The van der Waals surface area contributed by atoms with E-state index in [9.17, 15) is 14.4 Å². The van der Waals surface area contributed by atoms with Gasteiger partial charge in [-0.15, -0.1) is 11.8 Å². The highest BCUT2D eigenvalue weighted by Crippen LogP contribution is 2.25. The van der Waals surface area contributed by atoms with Gasteiger partial charge in [0.05, 0.1) is 0 Å². The summed E-state index contributed by atoms with van der Waals surface area (Å²) in [7, 11) is 0. The van der Waals surface area contributed by atoms with Crippen molar-refractivity contribution in [1.82, 2.24) is 5.32 Å². The van der Waals surface area contributed by atoms with E-state index in [0.717, 1.165) is 30.6 Å². The Morgan fingerprint density at radius 3 is 2.32 bits per heavy atom. The molecule has 164 valence electrons. The summed E-state index contributed by atoms with van der Waals surface area (Å²) in [5, 5.41) is 5.59. The first-order valence-electron chi connectivity index (χ1n) is 10.6.